The van der Waals surface area contributed by atoms with Gasteiger partial charge >= 0.3 is 5.69 Å². The summed E-state index contributed by atoms with van der Waals surface area (Å²) >= 11 is 0. The topological polar surface area (TPSA) is 95.0 Å². The van der Waals surface area contributed by atoms with E-state index in [1.807, 2.05) is 0 Å². The Hall–Kier alpha value is -2.38. The van der Waals surface area contributed by atoms with Crippen molar-refractivity contribution in [2.75, 3.05) is 0 Å². The lowest BCUT2D eigenvalue weighted by atomic mass is 9.82. The van der Waals surface area contributed by atoms with E-state index < -0.39 is 0 Å². The van der Waals surface area contributed by atoms with E-state index in [0.29, 0.717) is 18.0 Å². The van der Waals surface area contributed by atoms with Gasteiger partial charge in [0, 0.05) is 33.5 Å². The van der Waals surface area contributed by atoms with Crippen molar-refractivity contribution in [2.45, 2.75) is 45.1 Å². The number of nitrogens with one attached hydrogen (secondary N) is 1. The molecule has 0 aromatic carbocycles. The SMILES string of the molecule is Cc1nc(C(=O)N[C@@H]2CCCC[C@@H]2Cc2nn(C)c(=O)n2C)co1. The van der Waals surface area contributed by atoms with Gasteiger partial charge < -0.3 is 9.73 Å². The largest absolute Gasteiger partial charge is 0.448 e. The van der Waals surface area contributed by atoms with E-state index in [2.05, 4.69) is 15.4 Å². The number of oxazole rings is 1. The summed E-state index contributed by atoms with van der Waals surface area (Å²) < 4.78 is 8.04. The number of hydrogen-bond donors (Lipinski definition) is 1. The number of amides is 1. The van der Waals surface area contributed by atoms with Crippen molar-refractivity contribution in [3.63, 3.8) is 0 Å². The Bertz CT molecular complexity index is 788. The Kier molecular flexibility index (Phi) is 4.55. The maximum Gasteiger partial charge on any atom is 0.345 e. The van der Waals surface area contributed by atoms with E-state index in [-0.39, 0.29) is 23.6 Å². The molecule has 1 saturated carbocycles. The van der Waals surface area contributed by atoms with Crippen molar-refractivity contribution in [1.82, 2.24) is 24.6 Å². The third kappa shape index (κ3) is 3.27. The molecule has 0 bridgehead atoms. The molecule has 0 radical (unpaired) electrons. The van der Waals surface area contributed by atoms with E-state index in [0.717, 1.165) is 31.5 Å². The molecule has 2 atom stereocenters. The second kappa shape index (κ2) is 6.62. The summed E-state index contributed by atoms with van der Waals surface area (Å²) in [5.41, 5.74) is 0.182. The summed E-state index contributed by atoms with van der Waals surface area (Å²) in [5, 5.41) is 7.38. The van der Waals surface area contributed by atoms with Gasteiger partial charge in [0.25, 0.3) is 5.91 Å². The lowest BCUT2D eigenvalue weighted by Crippen LogP contribution is -2.43. The minimum absolute atomic E-state index is 0.0559. The normalized spacial score (nSPS) is 21.0. The molecular weight excluding hydrogens is 310 g/mol. The van der Waals surface area contributed by atoms with Crippen LogP contribution in [-0.4, -0.2) is 31.3 Å². The predicted molar refractivity (Wildman–Crippen MR) is 86.6 cm³/mol. The summed E-state index contributed by atoms with van der Waals surface area (Å²) in [6, 6.07) is 0.0559. The fraction of sp³-hybridized carbons (Fsp3) is 0.625. The molecule has 1 aliphatic rings. The van der Waals surface area contributed by atoms with Gasteiger partial charge in [0.2, 0.25) is 0 Å². The zero-order valence-electron chi connectivity index (χ0n) is 14.3. The highest BCUT2D eigenvalue weighted by molar-refractivity contribution is 5.92. The molecule has 8 nitrogen and oxygen atoms in total. The number of hydrogen-bond acceptors (Lipinski definition) is 5. The molecule has 0 saturated heterocycles. The van der Waals surface area contributed by atoms with Gasteiger partial charge in [-0.25, -0.2) is 14.5 Å². The fourth-order valence-electron chi connectivity index (χ4n) is 3.37. The Balaban J connectivity index is 1.72. The molecule has 3 rings (SSSR count). The van der Waals surface area contributed by atoms with Crippen LogP contribution in [0, 0.1) is 12.8 Å². The van der Waals surface area contributed by atoms with Gasteiger partial charge in [0.1, 0.15) is 12.1 Å². The first-order chi connectivity index (χ1) is 11.5. The Labute approximate surface area is 139 Å². The number of nitrogens with zero attached hydrogens (tertiary/aromatic N) is 4. The molecule has 1 fully saturated rings. The van der Waals surface area contributed by atoms with Gasteiger partial charge in [0.05, 0.1) is 0 Å². The molecule has 1 N–H and O–H groups in total. The molecule has 2 heterocycles. The average Bonchev–Trinajstić information content (AvgIpc) is 3.09. The second-order valence-electron chi connectivity index (χ2n) is 6.46. The highest BCUT2D eigenvalue weighted by Gasteiger charge is 2.29. The van der Waals surface area contributed by atoms with Crippen LogP contribution in [0.2, 0.25) is 0 Å². The van der Waals surface area contributed by atoms with Gasteiger partial charge in [-0.15, -0.1) is 0 Å². The first-order valence-electron chi connectivity index (χ1n) is 8.27. The molecule has 24 heavy (non-hydrogen) atoms. The fourth-order valence-corrected chi connectivity index (χ4v) is 3.37. The van der Waals surface area contributed by atoms with E-state index in [1.165, 1.54) is 10.9 Å². The first-order valence-corrected chi connectivity index (χ1v) is 8.27. The second-order valence-corrected chi connectivity index (χ2v) is 6.46. The molecule has 1 amide bonds. The summed E-state index contributed by atoms with van der Waals surface area (Å²) in [6.45, 7) is 1.71. The zero-order chi connectivity index (χ0) is 17.3. The van der Waals surface area contributed by atoms with Crippen LogP contribution in [0.1, 0.15) is 47.9 Å². The van der Waals surface area contributed by atoms with Crippen LogP contribution in [0.25, 0.3) is 0 Å². The molecule has 0 unspecified atom stereocenters. The molecule has 0 spiro atoms. The number of carbonyl (C=O) groups excluding carboxylic acids is 1. The number of aryl methyl sites for hydroxylation is 2. The van der Waals surface area contributed by atoms with Crippen molar-refractivity contribution in [3.05, 3.63) is 34.2 Å². The van der Waals surface area contributed by atoms with Gasteiger partial charge in [-0.2, -0.15) is 5.10 Å². The van der Waals surface area contributed by atoms with E-state index in [1.54, 1.807) is 25.6 Å². The third-order valence-corrected chi connectivity index (χ3v) is 4.74. The average molecular weight is 333 g/mol. The van der Waals surface area contributed by atoms with Crippen LogP contribution in [0.3, 0.4) is 0 Å². The van der Waals surface area contributed by atoms with Crippen molar-refractivity contribution >= 4 is 5.91 Å². The number of carbonyl (C=O) groups is 1. The van der Waals surface area contributed by atoms with Gasteiger partial charge in [-0.3, -0.25) is 9.36 Å². The third-order valence-electron chi connectivity index (χ3n) is 4.74. The van der Waals surface area contributed by atoms with Gasteiger partial charge in [-0.05, 0) is 18.8 Å². The highest BCUT2D eigenvalue weighted by Crippen LogP contribution is 2.27. The zero-order valence-corrected chi connectivity index (χ0v) is 14.3. The molecule has 2 aromatic rings. The smallest absolute Gasteiger partial charge is 0.345 e. The Morgan fingerprint density at radius 3 is 2.75 bits per heavy atom. The van der Waals surface area contributed by atoms with Crippen molar-refractivity contribution in [1.29, 1.82) is 0 Å². The molecule has 2 aromatic heterocycles. The Morgan fingerprint density at radius 2 is 2.12 bits per heavy atom. The monoisotopic (exact) mass is 333 g/mol. The number of aromatic nitrogens is 4. The molecule has 130 valence electrons. The minimum Gasteiger partial charge on any atom is -0.448 e. The predicted octanol–water partition coefficient (Wildman–Crippen LogP) is 0.947. The minimum atomic E-state index is -0.210. The van der Waals surface area contributed by atoms with Crippen molar-refractivity contribution < 1.29 is 9.21 Å². The summed E-state index contributed by atoms with van der Waals surface area (Å²) in [6.07, 6.45) is 6.20. The Morgan fingerprint density at radius 1 is 1.38 bits per heavy atom. The molecule has 8 heteroatoms. The maximum absolute atomic E-state index is 12.3. The van der Waals surface area contributed by atoms with E-state index in [4.69, 9.17) is 4.42 Å². The lowest BCUT2D eigenvalue weighted by molar-refractivity contribution is 0.0899. The maximum atomic E-state index is 12.3. The van der Waals surface area contributed by atoms with Crippen molar-refractivity contribution in [2.24, 2.45) is 20.0 Å². The van der Waals surface area contributed by atoms with Crippen LogP contribution in [0.15, 0.2) is 15.5 Å². The first kappa shape index (κ1) is 16.5. The standard InChI is InChI=1S/C16H23N5O3/c1-10-17-13(9-24-10)15(22)18-12-7-5-4-6-11(12)8-14-19-21(3)16(23)20(14)2/h9,11-12H,4-8H2,1-3H3,(H,18,22)/t11-,12-/m1/s1. The summed E-state index contributed by atoms with van der Waals surface area (Å²) in [5.74, 6) is 1.28. The van der Waals surface area contributed by atoms with Crippen LogP contribution >= 0.6 is 0 Å². The summed E-state index contributed by atoms with van der Waals surface area (Å²) in [4.78, 5) is 28.3. The molecule has 1 aliphatic carbocycles. The number of rotatable bonds is 4. The van der Waals surface area contributed by atoms with Crippen LogP contribution in [0.5, 0.6) is 0 Å². The van der Waals surface area contributed by atoms with Crippen LogP contribution < -0.4 is 11.0 Å². The molecule has 0 aliphatic heterocycles. The molecular formula is C16H23N5O3. The highest BCUT2D eigenvalue weighted by atomic mass is 16.3. The van der Waals surface area contributed by atoms with Gasteiger partial charge in [0.15, 0.2) is 11.6 Å². The lowest BCUT2D eigenvalue weighted by Gasteiger charge is -2.31. The van der Waals surface area contributed by atoms with Gasteiger partial charge in [-0.1, -0.05) is 12.8 Å². The van der Waals surface area contributed by atoms with Crippen molar-refractivity contribution in [3.8, 4) is 0 Å². The quantitative estimate of drug-likeness (QED) is 0.899. The van der Waals surface area contributed by atoms with Crippen LogP contribution in [0.4, 0.5) is 0 Å². The van der Waals surface area contributed by atoms with Crippen LogP contribution in [-0.2, 0) is 20.5 Å². The summed E-state index contributed by atoms with van der Waals surface area (Å²) in [7, 11) is 3.39. The van der Waals surface area contributed by atoms with E-state index in [9.17, 15) is 9.59 Å². The van der Waals surface area contributed by atoms with E-state index >= 15 is 0 Å².